The van der Waals surface area contributed by atoms with E-state index in [2.05, 4.69) is 26.1 Å². The predicted molar refractivity (Wildman–Crippen MR) is 87.2 cm³/mol. The largest absolute Gasteiger partial charge is 0.393 e. The number of hydrogen-bond donors (Lipinski definition) is 2. The average Bonchev–Trinajstić information content (AvgIpc) is 2.34. The average molecular weight is 296 g/mol. The molecular formula is C17H29FN2O. The van der Waals surface area contributed by atoms with Crippen molar-refractivity contribution in [3.05, 3.63) is 29.6 Å². The first-order chi connectivity index (χ1) is 9.62. The van der Waals surface area contributed by atoms with Crippen LogP contribution < -0.4 is 10.2 Å². The van der Waals surface area contributed by atoms with Gasteiger partial charge in [0, 0.05) is 32.4 Å². The van der Waals surface area contributed by atoms with E-state index in [-0.39, 0.29) is 23.4 Å². The number of nitrogens with one attached hydrogen (secondary N) is 1. The van der Waals surface area contributed by atoms with E-state index >= 15 is 0 Å². The van der Waals surface area contributed by atoms with Crippen LogP contribution in [-0.4, -0.2) is 31.9 Å². The predicted octanol–water partition coefficient (Wildman–Crippen LogP) is 3.34. The molecule has 0 aliphatic heterocycles. The molecule has 0 aliphatic rings. The summed E-state index contributed by atoms with van der Waals surface area (Å²) in [4.78, 5) is 1.93. The molecule has 3 nitrogen and oxygen atoms in total. The molecule has 120 valence electrons. The number of hydrogen-bond acceptors (Lipinski definition) is 3. The highest BCUT2D eigenvalue weighted by Crippen LogP contribution is 2.28. The number of aliphatic hydroxyl groups is 1. The third kappa shape index (κ3) is 5.64. The molecule has 1 aromatic carbocycles. The second-order valence-electron chi connectivity index (χ2n) is 6.92. The Bertz CT molecular complexity index is 458. The van der Waals surface area contributed by atoms with Gasteiger partial charge in [0.05, 0.1) is 6.10 Å². The maximum Gasteiger partial charge on any atom is 0.125 e. The SMILES string of the molecule is CC(O)CC(C)(C)CNC(C)c1ccc(F)cc1N(C)C. The smallest absolute Gasteiger partial charge is 0.125 e. The monoisotopic (exact) mass is 296 g/mol. The maximum atomic E-state index is 13.4. The minimum atomic E-state index is -0.305. The van der Waals surface area contributed by atoms with Crippen LogP contribution in [0.5, 0.6) is 0 Å². The van der Waals surface area contributed by atoms with Crippen molar-refractivity contribution in [1.29, 1.82) is 0 Å². The molecule has 21 heavy (non-hydrogen) atoms. The molecule has 1 aromatic rings. The molecular weight excluding hydrogens is 267 g/mol. The highest BCUT2D eigenvalue weighted by atomic mass is 19.1. The lowest BCUT2D eigenvalue weighted by molar-refractivity contribution is 0.127. The minimum absolute atomic E-state index is 0.0146. The van der Waals surface area contributed by atoms with E-state index in [9.17, 15) is 9.50 Å². The summed E-state index contributed by atoms with van der Waals surface area (Å²) in [5.74, 6) is -0.218. The van der Waals surface area contributed by atoms with Crippen molar-refractivity contribution in [2.24, 2.45) is 5.41 Å². The number of nitrogens with zero attached hydrogens (tertiary/aromatic N) is 1. The van der Waals surface area contributed by atoms with Crippen LogP contribution in [-0.2, 0) is 0 Å². The van der Waals surface area contributed by atoms with Crippen LogP contribution in [0.15, 0.2) is 18.2 Å². The molecule has 0 heterocycles. The molecule has 0 amide bonds. The van der Waals surface area contributed by atoms with Gasteiger partial charge in [-0.05, 0) is 43.4 Å². The van der Waals surface area contributed by atoms with Crippen molar-refractivity contribution in [1.82, 2.24) is 5.32 Å². The van der Waals surface area contributed by atoms with Crippen molar-refractivity contribution in [3.8, 4) is 0 Å². The molecule has 2 atom stereocenters. The molecule has 0 spiro atoms. The third-order valence-electron chi connectivity index (χ3n) is 3.68. The quantitative estimate of drug-likeness (QED) is 0.810. The van der Waals surface area contributed by atoms with E-state index in [1.54, 1.807) is 6.07 Å². The molecule has 2 unspecified atom stereocenters. The molecule has 0 aromatic heterocycles. The first-order valence-electron chi connectivity index (χ1n) is 7.50. The lowest BCUT2D eigenvalue weighted by atomic mass is 9.86. The van der Waals surface area contributed by atoms with Crippen LogP contribution in [0, 0.1) is 11.2 Å². The zero-order valence-corrected chi connectivity index (χ0v) is 14.1. The van der Waals surface area contributed by atoms with Gasteiger partial charge < -0.3 is 15.3 Å². The Morgan fingerprint density at radius 1 is 1.29 bits per heavy atom. The van der Waals surface area contributed by atoms with Crippen molar-refractivity contribution in [3.63, 3.8) is 0 Å². The second-order valence-corrected chi connectivity index (χ2v) is 6.92. The van der Waals surface area contributed by atoms with Crippen molar-refractivity contribution >= 4 is 5.69 Å². The number of benzene rings is 1. The maximum absolute atomic E-state index is 13.4. The highest BCUT2D eigenvalue weighted by Gasteiger charge is 2.22. The van der Waals surface area contributed by atoms with Crippen LogP contribution >= 0.6 is 0 Å². The summed E-state index contributed by atoms with van der Waals surface area (Å²) in [7, 11) is 3.84. The van der Waals surface area contributed by atoms with Crippen molar-refractivity contribution in [2.75, 3.05) is 25.5 Å². The van der Waals surface area contributed by atoms with Gasteiger partial charge in [0.25, 0.3) is 0 Å². The summed E-state index contributed by atoms with van der Waals surface area (Å²) in [5, 5.41) is 13.0. The summed E-state index contributed by atoms with van der Waals surface area (Å²) in [6.07, 6.45) is 0.441. The number of anilines is 1. The molecule has 4 heteroatoms. The first kappa shape index (κ1) is 17.9. The molecule has 1 rings (SSSR count). The Morgan fingerprint density at radius 3 is 2.43 bits per heavy atom. The zero-order valence-electron chi connectivity index (χ0n) is 14.1. The van der Waals surface area contributed by atoms with Gasteiger partial charge in [-0.2, -0.15) is 0 Å². The van der Waals surface area contributed by atoms with Crippen LogP contribution in [0.2, 0.25) is 0 Å². The van der Waals surface area contributed by atoms with Gasteiger partial charge in [-0.25, -0.2) is 4.39 Å². The molecule has 0 bridgehead atoms. The molecule has 0 saturated heterocycles. The summed E-state index contributed by atoms with van der Waals surface area (Å²) in [6, 6.07) is 5.02. The van der Waals surface area contributed by atoms with E-state index < -0.39 is 0 Å². The Kier molecular flexibility index (Phi) is 6.17. The summed E-state index contributed by atoms with van der Waals surface area (Å²) < 4.78 is 13.4. The summed E-state index contributed by atoms with van der Waals surface area (Å²) >= 11 is 0. The first-order valence-corrected chi connectivity index (χ1v) is 7.50. The Hall–Kier alpha value is -1.13. The van der Waals surface area contributed by atoms with Gasteiger partial charge in [-0.1, -0.05) is 19.9 Å². The van der Waals surface area contributed by atoms with E-state index in [0.29, 0.717) is 0 Å². The summed E-state index contributed by atoms with van der Waals surface area (Å²) in [5.41, 5.74) is 1.98. The van der Waals surface area contributed by atoms with Crippen LogP contribution in [0.1, 0.15) is 45.7 Å². The van der Waals surface area contributed by atoms with E-state index in [0.717, 1.165) is 24.2 Å². The standard InChI is InChI=1S/C17H29FN2O/c1-12(21)10-17(3,4)11-19-13(2)15-8-7-14(18)9-16(15)20(5)6/h7-9,12-13,19,21H,10-11H2,1-6H3. The normalized spacial score (nSPS) is 14.9. The zero-order chi connectivity index (χ0) is 16.2. The van der Waals surface area contributed by atoms with Crippen molar-refractivity contribution in [2.45, 2.75) is 46.3 Å². The molecule has 0 saturated carbocycles. The van der Waals surface area contributed by atoms with E-state index in [4.69, 9.17) is 0 Å². The molecule has 0 fully saturated rings. The summed E-state index contributed by atoms with van der Waals surface area (Å²) in [6.45, 7) is 8.96. The van der Waals surface area contributed by atoms with Crippen LogP contribution in [0.25, 0.3) is 0 Å². The molecule has 2 N–H and O–H groups in total. The fourth-order valence-corrected chi connectivity index (χ4v) is 2.68. The van der Waals surface area contributed by atoms with Crippen molar-refractivity contribution < 1.29 is 9.50 Å². The van der Waals surface area contributed by atoms with Gasteiger partial charge in [-0.3, -0.25) is 0 Å². The Labute approximate surface area is 128 Å². The number of halogens is 1. The Balaban J connectivity index is 2.78. The Morgan fingerprint density at radius 2 is 1.90 bits per heavy atom. The topological polar surface area (TPSA) is 35.5 Å². The fourth-order valence-electron chi connectivity index (χ4n) is 2.68. The lowest BCUT2D eigenvalue weighted by Gasteiger charge is -2.30. The van der Waals surface area contributed by atoms with Gasteiger partial charge in [0.15, 0.2) is 0 Å². The second kappa shape index (κ2) is 7.23. The minimum Gasteiger partial charge on any atom is -0.393 e. The lowest BCUT2D eigenvalue weighted by Crippen LogP contribution is -2.34. The van der Waals surface area contributed by atoms with Gasteiger partial charge in [-0.15, -0.1) is 0 Å². The van der Waals surface area contributed by atoms with Crippen LogP contribution in [0.3, 0.4) is 0 Å². The molecule has 0 aliphatic carbocycles. The fraction of sp³-hybridized carbons (Fsp3) is 0.647. The van der Waals surface area contributed by atoms with Gasteiger partial charge >= 0.3 is 0 Å². The number of aliphatic hydroxyl groups excluding tert-OH is 1. The molecule has 0 radical (unpaired) electrons. The van der Waals surface area contributed by atoms with Gasteiger partial charge in [0.2, 0.25) is 0 Å². The van der Waals surface area contributed by atoms with Gasteiger partial charge in [0.1, 0.15) is 5.82 Å². The highest BCUT2D eigenvalue weighted by molar-refractivity contribution is 5.54. The van der Waals surface area contributed by atoms with E-state index in [1.807, 2.05) is 32.0 Å². The van der Waals surface area contributed by atoms with Crippen LogP contribution in [0.4, 0.5) is 10.1 Å². The van der Waals surface area contributed by atoms with E-state index in [1.165, 1.54) is 6.07 Å². The third-order valence-corrected chi connectivity index (χ3v) is 3.68. The number of rotatable bonds is 7.